The molecule has 0 fully saturated rings. The van der Waals surface area contributed by atoms with Crippen molar-refractivity contribution in [2.24, 2.45) is 0 Å². The Kier molecular flexibility index (Phi) is 6.30. The summed E-state index contributed by atoms with van der Waals surface area (Å²) in [6.07, 6.45) is -4.74. The molecule has 0 atom stereocenters. The zero-order chi connectivity index (χ0) is 21.9. The Balaban J connectivity index is 1.67. The molecule has 30 heavy (non-hydrogen) atoms. The summed E-state index contributed by atoms with van der Waals surface area (Å²) in [6, 6.07) is 9.43. The largest absolute Gasteiger partial charge is 0.484 e. The van der Waals surface area contributed by atoms with Gasteiger partial charge in [-0.1, -0.05) is 11.8 Å². The van der Waals surface area contributed by atoms with Gasteiger partial charge in [0, 0.05) is 28.1 Å². The lowest BCUT2D eigenvalue weighted by Gasteiger charge is -2.11. The average molecular weight is 445 g/mol. The van der Waals surface area contributed by atoms with Gasteiger partial charge in [-0.05, 0) is 36.4 Å². The molecule has 2 aromatic carbocycles. The molecular weight excluding hydrogens is 433 g/mol. The molecule has 0 aliphatic carbocycles. The molecule has 0 spiro atoms. The van der Waals surface area contributed by atoms with E-state index < -0.39 is 35.6 Å². The number of rotatable bonds is 6. The highest BCUT2D eigenvalue weighted by Crippen LogP contribution is 2.34. The number of halogens is 5. The van der Waals surface area contributed by atoms with Crippen molar-refractivity contribution in [3.63, 3.8) is 0 Å². The van der Waals surface area contributed by atoms with Crippen molar-refractivity contribution in [1.82, 2.24) is 0 Å². The zero-order valence-corrected chi connectivity index (χ0v) is 15.7. The number of hydrogen-bond donors (Lipinski definition) is 1. The monoisotopic (exact) mass is 445 g/mol. The number of fused-ring (bicyclic) bond motifs is 1. The third kappa shape index (κ3) is 5.50. The number of benzene rings is 2. The molecule has 3 aromatic rings. The topological polar surface area (TPSA) is 68.5 Å². The standard InChI is InChI=1S/C19H12F5NO4S/c20-18(21)30-12-4-1-10(2-5-12)25-16(26)9-28-11-3-6-13-14(19(22,23)24)8-17(27)29-15(13)7-11/h1-8,18H,9H2,(H,25,26). The summed E-state index contributed by atoms with van der Waals surface area (Å²) >= 11 is 0.366. The third-order valence-electron chi connectivity index (χ3n) is 3.75. The van der Waals surface area contributed by atoms with Gasteiger partial charge < -0.3 is 14.5 Å². The summed E-state index contributed by atoms with van der Waals surface area (Å²) in [5.74, 6) is -3.13. The molecule has 1 aromatic heterocycles. The Morgan fingerprint density at radius 3 is 2.43 bits per heavy atom. The van der Waals surface area contributed by atoms with E-state index in [-0.39, 0.29) is 16.7 Å². The summed E-state index contributed by atoms with van der Waals surface area (Å²) in [5, 5.41) is 2.17. The van der Waals surface area contributed by atoms with Crippen LogP contribution in [0.15, 0.2) is 62.6 Å². The number of amides is 1. The van der Waals surface area contributed by atoms with Crippen molar-refractivity contribution >= 4 is 34.3 Å². The Morgan fingerprint density at radius 1 is 1.10 bits per heavy atom. The quantitative estimate of drug-likeness (QED) is 0.323. The predicted octanol–water partition coefficient (Wildman–Crippen LogP) is 5.14. The molecular formula is C19H12F5NO4S. The molecule has 0 saturated heterocycles. The summed E-state index contributed by atoms with van der Waals surface area (Å²) in [5.41, 5.74) is -2.29. The van der Waals surface area contributed by atoms with Crippen LogP contribution in [0.2, 0.25) is 0 Å². The van der Waals surface area contributed by atoms with Crippen molar-refractivity contribution in [3.05, 3.63) is 64.5 Å². The van der Waals surface area contributed by atoms with E-state index in [1.807, 2.05) is 0 Å². The molecule has 0 radical (unpaired) electrons. The third-order valence-corrected chi connectivity index (χ3v) is 4.48. The Labute approximate surface area is 169 Å². The number of ether oxygens (including phenoxy) is 1. The minimum atomic E-state index is -4.74. The van der Waals surface area contributed by atoms with E-state index in [1.54, 1.807) is 0 Å². The first-order valence-corrected chi connectivity index (χ1v) is 9.12. The molecule has 0 saturated carbocycles. The normalized spacial score (nSPS) is 11.7. The van der Waals surface area contributed by atoms with Crippen molar-refractivity contribution in [2.75, 3.05) is 11.9 Å². The van der Waals surface area contributed by atoms with Gasteiger partial charge in [0.05, 0.1) is 5.56 Å². The second-order valence-electron chi connectivity index (χ2n) is 5.87. The van der Waals surface area contributed by atoms with Gasteiger partial charge in [0.1, 0.15) is 11.3 Å². The van der Waals surface area contributed by atoms with Crippen molar-refractivity contribution in [1.29, 1.82) is 0 Å². The number of hydrogen-bond acceptors (Lipinski definition) is 5. The highest BCUT2D eigenvalue weighted by molar-refractivity contribution is 7.99. The van der Waals surface area contributed by atoms with E-state index in [0.29, 0.717) is 28.4 Å². The van der Waals surface area contributed by atoms with Gasteiger partial charge in [-0.25, -0.2) is 4.79 Å². The van der Waals surface area contributed by atoms with Crippen LogP contribution in [-0.2, 0) is 11.0 Å². The van der Waals surface area contributed by atoms with E-state index in [9.17, 15) is 31.5 Å². The highest BCUT2D eigenvalue weighted by Gasteiger charge is 2.33. The first kappa shape index (κ1) is 21.6. The highest BCUT2D eigenvalue weighted by atomic mass is 32.2. The minimum Gasteiger partial charge on any atom is -0.484 e. The fourth-order valence-electron chi connectivity index (χ4n) is 2.53. The zero-order valence-electron chi connectivity index (χ0n) is 14.8. The van der Waals surface area contributed by atoms with Crippen molar-refractivity contribution in [3.8, 4) is 5.75 Å². The van der Waals surface area contributed by atoms with Gasteiger partial charge >= 0.3 is 11.8 Å². The number of thioether (sulfide) groups is 1. The molecule has 3 rings (SSSR count). The van der Waals surface area contributed by atoms with Crippen LogP contribution in [-0.4, -0.2) is 18.3 Å². The predicted molar refractivity (Wildman–Crippen MR) is 99.9 cm³/mol. The van der Waals surface area contributed by atoms with Crippen molar-refractivity contribution in [2.45, 2.75) is 16.8 Å². The second-order valence-corrected chi connectivity index (χ2v) is 6.94. The molecule has 1 amide bonds. The van der Waals surface area contributed by atoms with Gasteiger partial charge in [-0.3, -0.25) is 4.79 Å². The first-order chi connectivity index (χ1) is 14.1. The maximum Gasteiger partial charge on any atom is 0.417 e. The lowest BCUT2D eigenvalue weighted by atomic mass is 10.1. The maximum absolute atomic E-state index is 13.0. The Bertz CT molecular complexity index is 1110. The van der Waals surface area contributed by atoms with Crippen molar-refractivity contribution < 1.29 is 35.9 Å². The molecule has 0 bridgehead atoms. The smallest absolute Gasteiger partial charge is 0.417 e. The number of carbonyl (C=O) groups excluding carboxylic acids is 1. The molecule has 11 heteroatoms. The van der Waals surface area contributed by atoms with Gasteiger partial charge in [0.2, 0.25) is 0 Å². The van der Waals surface area contributed by atoms with Gasteiger partial charge in [0.15, 0.2) is 6.61 Å². The van der Waals surface area contributed by atoms with Crippen LogP contribution in [0.3, 0.4) is 0 Å². The number of alkyl halides is 5. The van der Waals surface area contributed by atoms with Crippen LogP contribution in [0.5, 0.6) is 5.75 Å². The van der Waals surface area contributed by atoms with Crippen LogP contribution in [0.4, 0.5) is 27.6 Å². The van der Waals surface area contributed by atoms with E-state index in [4.69, 9.17) is 9.15 Å². The lowest BCUT2D eigenvalue weighted by molar-refractivity contribution is -0.136. The number of carbonyl (C=O) groups is 1. The SMILES string of the molecule is O=C(COc1ccc2c(C(F)(F)F)cc(=O)oc2c1)Nc1ccc(SC(F)F)cc1. The van der Waals surface area contributed by atoms with Crippen LogP contribution < -0.4 is 15.7 Å². The number of nitrogens with one attached hydrogen (secondary N) is 1. The molecule has 1 heterocycles. The molecule has 1 N–H and O–H groups in total. The summed E-state index contributed by atoms with van der Waals surface area (Å²) in [6.45, 7) is -0.484. The summed E-state index contributed by atoms with van der Waals surface area (Å²) in [7, 11) is 0. The van der Waals surface area contributed by atoms with Gasteiger partial charge in [-0.15, -0.1) is 0 Å². The van der Waals surface area contributed by atoms with E-state index in [2.05, 4.69) is 5.32 Å². The average Bonchev–Trinajstić information content (AvgIpc) is 2.66. The fourth-order valence-corrected chi connectivity index (χ4v) is 3.03. The first-order valence-electron chi connectivity index (χ1n) is 8.24. The molecule has 0 unspecified atom stereocenters. The Morgan fingerprint density at radius 2 is 1.80 bits per heavy atom. The molecule has 158 valence electrons. The van der Waals surface area contributed by atoms with Gasteiger partial charge in [-0.2, -0.15) is 22.0 Å². The second kappa shape index (κ2) is 8.74. The Hall–Kier alpha value is -3.08. The van der Waals surface area contributed by atoms with Crippen LogP contribution in [0, 0.1) is 0 Å². The van der Waals surface area contributed by atoms with Crippen LogP contribution in [0.25, 0.3) is 11.0 Å². The van der Waals surface area contributed by atoms with Crippen LogP contribution in [0.1, 0.15) is 5.56 Å². The van der Waals surface area contributed by atoms with Gasteiger partial charge in [0.25, 0.3) is 11.7 Å². The van der Waals surface area contributed by atoms with Crippen LogP contribution >= 0.6 is 11.8 Å². The van der Waals surface area contributed by atoms with E-state index >= 15 is 0 Å². The minimum absolute atomic E-state index is 0.0174. The molecule has 0 aliphatic rings. The fraction of sp³-hybridized carbons (Fsp3) is 0.158. The summed E-state index contributed by atoms with van der Waals surface area (Å²) < 4.78 is 73.7. The number of anilines is 1. The maximum atomic E-state index is 13.0. The molecule has 0 aliphatic heterocycles. The van der Waals surface area contributed by atoms with E-state index in [1.165, 1.54) is 30.3 Å². The van der Waals surface area contributed by atoms with E-state index in [0.717, 1.165) is 12.1 Å². The lowest BCUT2D eigenvalue weighted by Crippen LogP contribution is -2.20. The molecule has 5 nitrogen and oxygen atoms in total. The summed E-state index contributed by atoms with van der Waals surface area (Å²) in [4.78, 5) is 23.7.